The quantitative estimate of drug-likeness (QED) is 0.632. The molecule has 1 heterocycles. The summed E-state index contributed by atoms with van der Waals surface area (Å²) in [6.45, 7) is 1.06. The molecule has 0 bridgehead atoms. The topological polar surface area (TPSA) is 117 Å². The summed E-state index contributed by atoms with van der Waals surface area (Å²) in [6, 6.07) is -2.43. The number of halogens is 2. The number of rotatable bonds is 6. The molecule has 0 unspecified atom stereocenters. The van der Waals surface area contributed by atoms with Gasteiger partial charge in [-0.25, -0.2) is 10.2 Å². The number of hydrogen-bond donors (Lipinski definition) is 3. The highest BCUT2D eigenvalue weighted by Gasteiger charge is 2.33. The number of carboxylic acid groups (broad SMARTS) is 1. The molecule has 25 heavy (non-hydrogen) atoms. The van der Waals surface area contributed by atoms with Crippen LogP contribution in [0.15, 0.2) is 0 Å². The van der Waals surface area contributed by atoms with Crippen LogP contribution in [0.4, 0.5) is 13.6 Å². The second kappa shape index (κ2) is 8.90. The van der Waals surface area contributed by atoms with Crippen LogP contribution in [-0.4, -0.2) is 65.5 Å². The highest BCUT2D eigenvalue weighted by atomic mass is 19.3. The number of carbonyl (C=O) groups is 3. The molecule has 1 aliphatic heterocycles. The van der Waals surface area contributed by atoms with Crippen molar-refractivity contribution in [3.8, 4) is 0 Å². The molecular weight excluding hydrogens is 344 g/mol. The lowest BCUT2D eigenvalue weighted by molar-refractivity contribution is -0.155. The fourth-order valence-electron chi connectivity index (χ4n) is 2.10. The summed E-state index contributed by atoms with van der Waals surface area (Å²) >= 11 is 0. The normalized spacial score (nSPS) is 19.4. The largest absolute Gasteiger partial charge is 0.480 e. The molecule has 3 N–H and O–H groups in total. The Morgan fingerprint density at radius 2 is 2.00 bits per heavy atom. The number of amides is 2. The molecule has 0 aliphatic carbocycles. The third-order valence-corrected chi connectivity index (χ3v) is 3.13. The lowest BCUT2D eigenvalue weighted by Gasteiger charge is -2.34. The number of aliphatic carboxylic acids is 1. The van der Waals surface area contributed by atoms with Gasteiger partial charge in [0.1, 0.15) is 17.7 Å². The highest BCUT2D eigenvalue weighted by Crippen LogP contribution is 2.11. The van der Waals surface area contributed by atoms with Gasteiger partial charge in [0, 0.05) is 6.54 Å². The first-order chi connectivity index (χ1) is 11.5. The molecule has 0 spiro atoms. The number of alkyl carbamates (subject to hydrolysis) is 1. The Balaban J connectivity index is 2.77. The van der Waals surface area contributed by atoms with E-state index in [-0.39, 0.29) is 6.54 Å². The summed E-state index contributed by atoms with van der Waals surface area (Å²) in [5.74, 6) is -1.93. The van der Waals surface area contributed by atoms with Crippen LogP contribution in [-0.2, 0) is 19.1 Å². The predicted octanol–water partition coefficient (Wildman–Crippen LogP) is 0.699. The van der Waals surface area contributed by atoms with Crippen LogP contribution < -0.4 is 10.7 Å². The molecule has 2 amide bonds. The van der Waals surface area contributed by atoms with E-state index in [0.29, 0.717) is 12.8 Å². The maximum Gasteiger partial charge on any atom is 0.408 e. The van der Waals surface area contributed by atoms with Gasteiger partial charge in [0.25, 0.3) is 5.91 Å². The molecule has 2 atom stereocenters. The Labute approximate surface area is 143 Å². The molecule has 11 heteroatoms. The number of hydrogen-bond acceptors (Lipinski definition) is 6. The second-order valence-electron chi connectivity index (χ2n) is 6.44. The standard InChI is InChI=1S/C14H23F2N3O6/c1-14(2,3)25-13(23)17-9(7-24-12(15)16)10(20)19-6-4-5-8(18-19)11(21)22/h8-9,12,18H,4-7H2,1-3H3,(H,17,23)(H,21,22)/t8-,9-/m0/s1. The Morgan fingerprint density at radius 1 is 1.36 bits per heavy atom. The third kappa shape index (κ3) is 7.61. The van der Waals surface area contributed by atoms with Gasteiger partial charge in [-0.3, -0.25) is 14.6 Å². The van der Waals surface area contributed by atoms with Crippen molar-refractivity contribution < 1.29 is 37.7 Å². The summed E-state index contributed by atoms with van der Waals surface area (Å²) < 4.78 is 33.7. The maximum absolute atomic E-state index is 12.5. The van der Waals surface area contributed by atoms with E-state index >= 15 is 0 Å². The van der Waals surface area contributed by atoms with Crippen molar-refractivity contribution in [3.63, 3.8) is 0 Å². The van der Waals surface area contributed by atoms with Gasteiger partial charge in [0.05, 0.1) is 6.61 Å². The molecule has 0 aromatic heterocycles. The third-order valence-electron chi connectivity index (χ3n) is 3.13. The monoisotopic (exact) mass is 367 g/mol. The predicted molar refractivity (Wildman–Crippen MR) is 80.6 cm³/mol. The van der Waals surface area contributed by atoms with E-state index in [9.17, 15) is 23.2 Å². The van der Waals surface area contributed by atoms with Crippen molar-refractivity contribution in [2.24, 2.45) is 0 Å². The number of ether oxygens (including phenoxy) is 2. The van der Waals surface area contributed by atoms with Gasteiger partial charge in [-0.05, 0) is 33.6 Å². The van der Waals surface area contributed by atoms with Gasteiger partial charge in [0.2, 0.25) is 0 Å². The van der Waals surface area contributed by atoms with Crippen molar-refractivity contribution in [3.05, 3.63) is 0 Å². The lowest BCUT2D eigenvalue weighted by Crippen LogP contribution is -2.61. The van der Waals surface area contributed by atoms with E-state index in [4.69, 9.17) is 9.84 Å². The van der Waals surface area contributed by atoms with Crippen LogP contribution in [0.5, 0.6) is 0 Å². The Kier molecular flexibility index (Phi) is 7.49. The van der Waals surface area contributed by atoms with Gasteiger partial charge in [-0.15, -0.1) is 0 Å². The molecule has 1 saturated heterocycles. The minimum absolute atomic E-state index is 0.170. The average molecular weight is 367 g/mol. The fraction of sp³-hybridized carbons (Fsp3) is 0.786. The molecular formula is C14H23F2N3O6. The molecule has 9 nitrogen and oxygen atoms in total. The highest BCUT2D eigenvalue weighted by molar-refractivity contribution is 5.86. The van der Waals surface area contributed by atoms with Crippen molar-refractivity contribution in [1.29, 1.82) is 0 Å². The minimum atomic E-state index is -3.13. The van der Waals surface area contributed by atoms with Gasteiger partial charge in [-0.1, -0.05) is 0 Å². The van der Waals surface area contributed by atoms with Crippen molar-refractivity contribution in [2.45, 2.75) is 57.9 Å². The fourth-order valence-corrected chi connectivity index (χ4v) is 2.10. The molecule has 0 aromatic carbocycles. The van der Waals surface area contributed by atoms with Gasteiger partial charge in [-0.2, -0.15) is 8.78 Å². The van der Waals surface area contributed by atoms with E-state index in [1.807, 2.05) is 0 Å². The Bertz CT molecular complexity index is 497. The molecule has 1 aliphatic rings. The van der Waals surface area contributed by atoms with E-state index < -0.39 is 48.9 Å². The first-order valence-corrected chi connectivity index (χ1v) is 7.69. The second-order valence-corrected chi connectivity index (χ2v) is 6.44. The van der Waals surface area contributed by atoms with Crippen molar-refractivity contribution in [1.82, 2.24) is 15.8 Å². The smallest absolute Gasteiger partial charge is 0.408 e. The number of alkyl halides is 2. The van der Waals surface area contributed by atoms with Gasteiger partial charge >= 0.3 is 18.7 Å². The number of carboxylic acids is 1. The molecule has 144 valence electrons. The van der Waals surface area contributed by atoms with Gasteiger partial charge in [0.15, 0.2) is 0 Å². The maximum atomic E-state index is 12.5. The van der Waals surface area contributed by atoms with Crippen molar-refractivity contribution >= 4 is 18.0 Å². The van der Waals surface area contributed by atoms with Crippen LogP contribution in [0, 0.1) is 0 Å². The van der Waals surface area contributed by atoms with E-state index in [1.54, 1.807) is 20.8 Å². The van der Waals surface area contributed by atoms with Crippen molar-refractivity contribution in [2.75, 3.05) is 13.2 Å². The van der Waals surface area contributed by atoms with E-state index in [2.05, 4.69) is 15.5 Å². The Morgan fingerprint density at radius 3 is 2.52 bits per heavy atom. The summed E-state index contributed by atoms with van der Waals surface area (Å²) in [4.78, 5) is 35.3. The summed E-state index contributed by atoms with van der Waals surface area (Å²) in [5.41, 5.74) is 1.64. The molecule has 0 saturated carbocycles. The SMILES string of the molecule is CC(C)(C)OC(=O)N[C@@H](COC(F)F)C(=O)N1CCC[C@@H](C(=O)O)N1. The summed E-state index contributed by atoms with van der Waals surface area (Å²) in [6.07, 6.45) is -0.253. The molecule has 0 aromatic rings. The number of nitrogens with zero attached hydrogens (tertiary/aromatic N) is 1. The molecule has 1 fully saturated rings. The van der Waals surface area contributed by atoms with Crippen LogP contribution in [0.3, 0.4) is 0 Å². The van der Waals surface area contributed by atoms with Crippen LogP contribution in [0.25, 0.3) is 0 Å². The lowest BCUT2D eigenvalue weighted by atomic mass is 10.1. The minimum Gasteiger partial charge on any atom is -0.480 e. The summed E-state index contributed by atoms with van der Waals surface area (Å²) in [7, 11) is 0. The zero-order chi connectivity index (χ0) is 19.2. The van der Waals surface area contributed by atoms with Crippen LogP contribution in [0.2, 0.25) is 0 Å². The Hall–Kier alpha value is -2.01. The van der Waals surface area contributed by atoms with E-state index in [0.717, 1.165) is 5.01 Å². The van der Waals surface area contributed by atoms with Gasteiger partial charge < -0.3 is 19.9 Å². The zero-order valence-electron chi connectivity index (χ0n) is 14.3. The van der Waals surface area contributed by atoms with Crippen LogP contribution in [0.1, 0.15) is 33.6 Å². The van der Waals surface area contributed by atoms with E-state index in [1.165, 1.54) is 0 Å². The van der Waals surface area contributed by atoms with Crippen LogP contribution >= 0.6 is 0 Å². The first kappa shape index (κ1) is 21.0. The average Bonchev–Trinajstić information content (AvgIpc) is 2.48. The summed E-state index contributed by atoms with van der Waals surface area (Å²) in [5, 5.41) is 12.2. The number of hydrazine groups is 1. The number of carbonyl (C=O) groups excluding carboxylic acids is 2. The first-order valence-electron chi connectivity index (χ1n) is 7.69. The molecule has 1 rings (SSSR count). The molecule has 0 radical (unpaired) electrons. The zero-order valence-corrected chi connectivity index (χ0v) is 14.3. The number of nitrogens with one attached hydrogen (secondary N) is 2.